The lowest BCUT2D eigenvalue weighted by atomic mass is 10.1. The molecule has 0 aliphatic carbocycles. The van der Waals surface area contributed by atoms with Crippen LogP contribution in [0, 0.1) is 24.6 Å². The number of hydrogen-bond acceptors (Lipinski definition) is 2. The molecular weight excluding hydrogens is 318 g/mol. The summed E-state index contributed by atoms with van der Waals surface area (Å²) < 4.78 is 5.21. The van der Waals surface area contributed by atoms with Crippen LogP contribution in [0.4, 0.5) is 5.69 Å². The molecule has 1 amide bonds. The highest BCUT2D eigenvalue weighted by Gasteiger charge is 2.22. The Balaban J connectivity index is 2.47. The summed E-state index contributed by atoms with van der Waals surface area (Å²) in [5.41, 5.74) is 2.94. The lowest BCUT2D eigenvalue weighted by molar-refractivity contribution is 0.0963. The molecule has 102 valence electrons. The molecule has 20 heavy (non-hydrogen) atoms. The summed E-state index contributed by atoms with van der Waals surface area (Å²) in [6, 6.07) is 9.29. The van der Waals surface area contributed by atoms with Crippen LogP contribution in [-0.2, 0) is 0 Å². The lowest BCUT2D eigenvalue weighted by Gasteiger charge is -2.23. The summed E-state index contributed by atoms with van der Waals surface area (Å²) in [7, 11) is 0. The highest BCUT2D eigenvalue weighted by atomic mass is 79.9. The maximum absolute atomic E-state index is 12.6. The van der Waals surface area contributed by atoms with Crippen molar-refractivity contribution in [1.82, 2.24) is 0 Å². The molecule has 2 rings (SSSR count). The van der Waals surface area contributed by atoms with Crippen LogP contribution in [0.2, 0.25) is 0 Å². The van der Waals surface area contributed by atoms with Crippen LogP contribution in [0.1, 0.15) is 21.7 Å². The minimum atomic E-state index is -0.192. The summed E-state index contributed by atoms with van der Waals surface area (Å²) in [5, 5.41) is 0. The normalized spacial score (nSPS) is 9.75. The van der Waals surface area contributed by atoms with Crippen molar-refractivity contribution in [3.05, 3.63) is 53.5 Å². The third-order valence-corrected chi connectivity index (χ3v) is 3.27. The number of rotatable bonds is 3. The van der Waals surface area contributed by atoms with E-state index in [9.17, 15) is 4.79 Å². The average Bonchev–Trinajstić information content (AvgIpc) is 2.95. The van der Waals surface area contributed by atoms with Crippen molar-refractivity contribution in [2.24, 2.45) is 0 Å². The van der Waals surface area contributed by atoms with Gasteiger partial charge in [0.2, 0.25) is 0 Å². The van der Waals surface area contributed by atoms with Crippen LogP contribution in [0.3, 0.4) is 0 Å². The van der Waals surface area contributed by atoms with Crippen molar-refractivity contribution < 1.29 is 9.21 Å². The summed E-state index contributed by atoms with van der Waals surface area (Å²) in [4.78, 5) is 16.8. The molecule has 3 nitrogen and oxygen atoms in total. The number of furan rings is 1. The molecule has 2 aromatic rings. The molecule has 0 saturated heterocycles. The fourth-order valence-corrected chi connectivity index (χ4v) is 2.25. The molecule has 0 fully saturated rings. The number of carbonyl (C=O) groups is 1. The van der Waals surface area contributed by atoms with E-state index in [1.807, 2.05) is 32.0 Å². The highest BCUT2D eigenvalue weighted by Crippen LogP contribution is 2.26. The molecular formula is C16H14BrNO2. The largest absolute Gasteiger partial charge is 0.459 e. The van der Waals surface area contributed by atoms with Gasteiger partial charge in [0.15, 0.2) is 5.76 Å². The van der Waals surface area contributed by atoms with Gasteiger partial charge in [0.25, 0.3) is 5.91 Å². The van der Waals surface area contributed by atoms with E-state index >= 15 is 0 Å². The van der Waals surface area contributed by atoms with Gasteiger partial charge in [0.1, 0.15) is 0 Å². The molecule has 0 saturated carbocycles. The van der Waals surface area contributed by atoms with Gasteiger partial charge in [-0.15, -0.1) is 0 Å². The van der Waals surface area contributed by atoms with E-state index in [-0.39, 0.29) is 5.91 Å². The number of anilines is 1. The van der Waals surface area contributed by atoms with E-state index in [1.165, 1.54) is 6.26 Å². The Hall–Kier alpha value is -1.99. The first kappa shape index (κ1) is 14.4. The third-order valence-electron chi connectivity index (χ3n) is 2.99. The molecule has 0 aliphatic heterocycles. The SMILES string of the molecule is Cc1cccc(C)c1N(CC#CBr)C(=O)c1ccco1. The number of nitrogens with zero attached hydrogens (tertiary/aromatic N) is 1. The smallest absolute Gasteiger partial charge is 0.294 e. The molecule has 1 aromatic heterocycles. The van der Waals surface area contributed by atoms with Gasteiger partial charge in [-0.1, -0.05) is 24.1 Å². The quantitative estimate of drug-likeness (QED) is 0.799. The molecule has 0 radical (unpaired) electrons. The average molecular weight is 332 g/mol. The van der Waals surface area contributed by atoms with Gasteiger partial charge in [-0.2, -0.15) is 0 Å². The summed E-state index contributed by atoms with van der Waals surface area (Å²) in [6.45, 7) is 4.26. The zero-order valence-electron chi connectivity index (χ0n) is 11.3. The first-order chi connectivity index (χ1) is 9.65. The maximum atomic E-state index is 12.6. The van der Waals surface area contributed by atoms with Crippen molar-refractivity contribution in [1.29, 1.82) is 0 Å². The number of amides is 1. The zero-order valence-corrected chi connectivity index (χ0v) is 12.9. The summed E-state index contributed by atoms with van der Waals surface area (Å²) in [6.07, 6.45) is 1.49. The molecule has 0 bridgehead atoms. The van der Waals surface area contributed by atoms with Crippen LogP contribution >= 0.6 is 15.9 Å². The molecule has 0 spiro atoms. The number of hydrogen-bond donors (Lipinski definition) is 0. The second-order valence-electron chi connectivity index (χ2n) is 4.38. The van der Waals surface area contributed by atoms with E-state index < -0.39 is 0 Å². The Morgan fingerprint density at radius 1 is 1.25 bits per heavy atom. The number of para-hydroxylation sites is 1. The molecule has 1 heterocycles. The molecule has 4 heteroatoms. The number of aryl methyl sites for hydroxylation is 2. The van der Waals surface area contributed by atoms with Crippen molar-refractivity contribution in [2.75, 3.05) is 11.4 Å². The van der Waals surface area contributed by atoms with Gasteiger partial charge in [0.05, 0.1) is 18.5 Å². The Morgan fingerprint density at radius 3 is 2.50 bits per heavy atom. The monoisotopic (exact) mass is 331 g/mol. The molecule has 0 aliphatic rings. The van der Waals surface area contributed by atoms with E-state index in [4.69, 9.17) is 4.42 Å². The van der Waals surface area contributed by atoms with Gasteiger partial charge in [0, 0.05) is 15.9 Å². The molecule has 1 aromatic carbocycles. The van der Waals surface area contributed by atoms with Crippen molar-refractivity contribution in [2.45, 2.75) is 13.8 Å². The number of halogens is 1. The predicted molar refractivity (Wildman–Crippen MR) is 83.0 cm³/mol. The first-order valence-corrected chi connectivity index (χ1v) is 6.94. The zero-order chi connectivity index (χ0) is 14.5. The van der Waals surface area contributed by atoms with Crippen molar-refractivity contribution in [3.63, 3.8) is 0 Å². The van der Waals surface area contributed by atoms with Crippen LogP contribution in [0.25, 0.3) is 0 Å². The first-order valence-electron chi connectivity index (χ1n) is 6.15. The Bertz CT molecular complexity index is 645. The van der Waals surface area contributed by atoms with Gasteiger partial charge in [-0.25, -0.2) is 0 Å². The Kier molecular flexibility index (Phi) is 4.65. The van der Waals surface area contributed by atoms with Crippen LogP contribution < -0.4 is 4.90 Å². The molecule has 0 atom stereocenters. The summed E-state index contributed by atoms with van der Waals surface area (Å²) >= 11 is 3.06. The standard InChI is InChI=1S/C16H14BrNO2/c1-12-6-3-7-13(2)15(12)18(10-5-9-17)16(19)14-8-4-11-20-14/h3-4,6-8,11H,10H2,1-2H3. The minimum Gasteiger partial charge on any atom is -0.459 e. The number of carbonyl (C=O) groups excluding carboxylic acids is 1. The topological polar surface area (TPSA) is 33.5 Å². The molecule has 0 unspecified atom stereocenters. The number of benzene rings is 1. The Labute approximate surface area is 126 Å². The fraction of sp³-hybridized carbons (Fsp3) is 0.188. The van der Waals surface area contributed by atoms with E-state index in [0.717, 1.165) is 16.8 Å². The predicted octanol–water partition coefficient (Wildman–Crippen LogP) is 3.90. The Morgan fingerprint density at radius 2 is 1.95 bits per heavy atom. The van der Waals surface area contributed by atoms with Gasteiger partial charge >= 0.3 is 0 Å². The maximum Gasteiger partial charge on any atom is 0.294 e. The lowest BCUT2D eigenvalue weighted by Crippen LogP contribution is -2.32. The van der Waals surface area contributed by atoms with E-state index in [2.05, 4.69) is 26.7 Å². The summed E-state index contributed by atoms with van der Waals surface area (Å²) in [5.74, 6) is 2.99. The highest BCUT2D eigenvalue weighted by molar-refractivity contribution is 9.12. The van der Waals surface area contributed by atoms with Gasteiger partial charge < -0.3 is 4.42 Å². The van der Waals surface area contributed by atoms with Crippen LogP contribution in [0.5, 0.6) is 0 Å². The van der Waals surface area contributed by atoms with E-state index in [1.54, 1.807) is 17.0 Å². The van der Waals surface area contributed by atoms with Crippen molar-refractivity contribution in [3.8, 4) is 10.8 Å². The second-order valence-corrected chi connectivity index (χ2v) is 4.78. The minimum absolute atomic E-state index is 0.192. The van der Waals surface area contributed by atoms with Gasteiger partial charge in [-0.05, 0) is 41.9 Å². The van der Waals surface area contributed by atoms with Crippen LogP contribution in [0.15, 0.2) is 41.0 Å². The second kappa shape index (κ2) is 6.44. The van der Waals surface area contributed by atoms with Gasteiger partial charge in [-0.3, -0.25) is 9.69 Å². The van der Waals surface area contributed by atoms with Crippen molar-refractivity contribution >= 4 is 27.5 Å². The van der Waals surface area contributed by atoms with E-state index in [0.29, 0.717) is 12.3 Å². The fourth-order valence-electron chi connectivity index (χ4n) is 2.13. The van der Waals surface area contributed by atoms with Crippen LogP contribution in [-0.4, -0.2) is 12.5 Å². The molecule has 0 N–H and O–H groups in total. The third kappa shape index (κ3) is 2.94.